The summed E-state index contributed by atoms with van der Waals surface area (Å²) in [5, 5.41) is 22.0. The first-order chi connectivity index (χ1) is 12.7. The Morgan fingerprint density at radius 3 is 1.33 bits per heavy atom. The zero-order chi connectivity index (χ0) is 19.0. The van der Waals surface area contributed by atoms with E-state index in [1.165, 1.54) is 62.5 Å². The summed E-state index contributed by atoms with van der Waals surface area (Å²) in [6.45, 7) is 4.41. The van der Waals surface area contributed by atoms with E-state index in [4.69, 9.17) is 0 Å². The van der Waals surface area contributed by atoms with Gasteiger partial charge in [0.15, 0.2) is 0 Å². The molecule has 0 amide bonds. The molecule has 0 unspecified atom stereocenters. The van der Waals surface area contributed by atoms with Gasteiger partial charge in [0.1, 0.15) is 0 Å². The molecule has 0 atom stereocenters. The Morgan fingerprint density at radius 1 is 0.593 bits per heavy atom. The van der Waals surface area contributed by atoms with Crippen molar-refractivity contribution in [2.24, 2.45) is 0 Å². The van der Waals surface area contributed by atoms with Crippen LogP contribution >= 0.6 is 0 Å². The second kappa shape index (κ2) is 17.1. The normalized spacial score (nSPS) is 9.85. The van der Waals surface area contributed by atoms with Gasteiger partial charge >= 0.3 is 27.3 Å². The van der Waals surface area contributed by atoms with Gasteiger partial charge in [0.25, 0.3) is 0 Å². The van der Waals surface area contributed by atoms with Crippen molar-refractivity contribution in [3.8, 4) is 11.5 Å². The first-order valence-corrected chi connectivity index (χ1v) is 10.2. The molecule has 0 N–H and O–H groups in total. The van der Waals surface area contributed by atoms with Gasteiger partial charge < -0.3 is 10.2 Å². The maximum absolute atomic E-state index is 11.0. The first-order valence-electron chi connectivity index (χ1n) is 10.2. The van der Waals surface area contributed by atoms with E-state index in [2.05, 4.69) is 13.8 Å². The van der Waals surface area contributed by atoms with Gasteiger partial charge in [-0.1, -0.05) is 101 Å². The molecule has 0 spiro atoms. The zero-order valence-electron chi connectivity index (χ0n) is 17.2. The number of aryl methyl sites for hydroxylation is 2. The predicted octanol–water partition coefficient (Wildman–Crippen LogP) is 5.76. The van der Waals surface area contributed by atoms with Gasteiger partial charge in [-0.2, -0.15) is 0 Å². The fraction of sp³-hybridized carbons (Fsp3) is 0.500. The van der Waals surface area contributed by atoms with Crippen LogP contribution in [0.3, 0.4) is 0 Å². The van der Waals surface area contributed by atoms with Gasteiger partial charge in [0.05, 0.1) is 0 Å². The maximum atomic E-state index is 11.0. The molecule has 0 aliphatic heterocycles. The van der Waals surface area contributed by atoms with Crippen molar-refractivity contribution < 1.29 is 37.5 Å². The molecule has 0 aliphatic rings. The van der Waals surface area contributed by atoms with E-state index in [1.807, 2.05) is 24.3 Å². The molecule has 0 saturated carbocycles. The van der Waals surface area contributed by atoms with E-state index in [-0.39, 0.29) is 38.8 Å². The van der Waals surface area contributed by atoms with Gasteiger partial charge in [-0.25, -0.2) is 0 Å². The van der Waals surface area contributed by atoms with E-state index in [9.17, 15) is 10.2 Å². The van der Waals surface area contributed by atoms with E-state index in [0.717, 1.165) is 12.8 Å². The molecule has 27 heavy (non-hydrogen) atoms. The van der Waals surface area contributed by atoms with Crippen LogP contribution in [-0.4, -0.2) is 0 Å². The summed E-state index contributed by atoms with van der Waals surface area (Å²) in [6, 6.07) is 14.5. The number of hydrogen-bond acceptors (Lipinski definition) is 2. The average molecular weight is 467 g/mol. The second-order valence-electron chi connectivity index (χ2n) is 6.92. The Labute approximate surface area is 186 Å². The van der Waals surface area contributed by atoms with Gasteiger partial charge in [0, 0.05) is 0 Å². The average Bonchev–Trinajstić information content (AvgIpc) is 2.63. The molecular formula is C24H34CdO2. The molecule has 144 valence electrons. The molecule has 0 aliphatic carbocycles. The molecule has 0 heterocycles. The molecule has 0 radical (unpaired) electrons. The van der Waals surface area contributed by atoms with E-state index < -0.39 is 0 Å². The Bertz CT molecular complexity index is 545. The molecule has 0 saturated heterocycles. The molecular weight excluding hydrogens is 433 g/mol. The molecule has 0 bridgehead atoms. The molecule has 2 aromatic rings. The van der Waals surface area contributed by atoms with Gasteiger partial charge in [-0.3, -0.25) is 0 Å². The van der Waals surface area contributed by atoms with Crippen molar-refractivity contribution >= 4 is 0 Å². The minimum atomic E-state index is 0. The number of unbranched alkanes of at least 4 members (excludes halogenated alkanes) is 6. The summed E-state index contributed by atoms with van der Waals surface area (Å²) in [7, 11) is 0. The van der Waals surface area contributed by atoms with E-state index >= 15 is 0 Å². The van der Waals surface area contributed by atoms with Crippen LogP contribution < -0.4 is 10.2 Å². The van der Waals surface area contributed by atoms with Gasteiger partial charge in [-0.15, -0.1) is 11.5 Å². The zero-order valence-corrected chi connectivity index (χ0v) is 21.2. The molecule has 2 rings (SSSR count). The second-order valence-corrected chi connectivity index (χ2v) is 6.92. The minimum Gasteiger partial charge on any atom is -0.872 e. The van der Waals surface area contributed by atoms with Crippen LogP contribution in [-0.2, 0) is 40.1 Å². The number of rotatable bonds is 10. The minimum absolute atomic E-state index is 0. The van der Waals surface area contributed by atoms with Crippen molar-refractivity contribution in [2.75, 3.05) is 0 Å². The van der Waals surface area contributed by atoms with Crippen LogP contribution in [0.25, 0.3) is 0 Å². The first kappa shape index (κ1) is 26.0. The van der Waals surface area contributed by atoms with Gasteiger partial charge in [0.2, 0.25) is 0 Å². The summed E-state index contributed by atoms with van der Waals surface area (Å²) >= 11 is 0. The van der Waals surface area contributed by atoms with Crippen LogP contribution in [0.2, 0.25) is 0 Å². The Kier molecular flexibility index (Phi) is 16.4. The number of hydrogen-bond donors (Lipinski definition) is 0. The molecule has 0 fully saturated rings. The van der Waals surface area contributed by atoms with E-state index in [1.54, 1.807) is 24.3 Å². The van der Waals surface area contributed by atoms with E-state index in [0.29, 0.717) is 0 Å². The third kappa shape index (κ3) is 13.7. The summed E-state index contributed by atoms with van der Waals surface area (Å²) in [4.78, 5) is 0. The maximum Gasteiger partial charge on any atom is 2.00 e. The van der Waals surface area contributed by atoms with Crippen LogP contribution in [0.15, 0.2) is 48.5 Å². The third-order valence-corrected chi connectivity index (χ3v) is 4.43. The predicted molar refractivity (Wildman–Crippen MR) is 107 cm³/mol. The largest absolute Gasteiger partial charge is 2.00 e. The molecule has 3 heteroatoms. The summed E-state index contributed by atoms with van der Waals surface area (Å²) in [5.74, 6) is 0.265. The van der Waals surface area contributed by atoms with Crippen LogP contribution in [0.1, 0.15) is 76.3 Å². The number of benzene rings is 2. The monoisotopic (exact) mass is 468 g/mol. The van der Waals surface area contributed by atoms with Crippen molar-refractivity contribution in [1.29, 1.82) is 0 Å². The standard InChI is InChI=1S/2C12H18O.Cd/c2*1-2-3-4-5-7-11-8-6-9-12(13)10-11;/h2*6,8-10,13H,2-5,7H2,1H3;/q;;+2/p-2. The smallest absolute Gasteiger partial charge is 0.872 e. The molecule has 2 aromatic carbocycles. The van der Waals surface area contributed by atoms with Crippen molar-refractivity contribution in [1.82, 2.24) is 0 Å². The Morgan fingerprint density at radius 2 is 1.00 bits per heavy atom. The fourth-order valence-corrected chi connectivity index (χ4v) is 2.91. The summed E-state index contributed by atoms with van der Waals surface area (Å²) in [6.07, 6.45) is 12.2. The van der Waals surface area contributed by atoms with Crippen molar-refractivity contribution in [3.63, 3.8) is 0 Å². The summed E-state index contributed by atoms with van der Waals surface area (Å²) in [5.41, 5.74) is 2.37. The molecule has 2 nitrogen and oxygen atoms in total. The SMILES string of the molecule is CCCCCCc1cccc([O-])c1.CCCCCCc1cccc([O-])c1.[Cd+2]. The molecule has 0 aromatic heterocycles. The Hall–Kier alpha value is -1.04. The van der Waals surface area contributed by atoms with Crippen molar-refractivity contribution in [2.45, 2.75) is 78.1 Å². The van der Waals surface area contributed by atoms with Gasteiger partial charge in [-0.05, 0) is 36.8 Å². The van der Waals surface area contributed by atoms with Crippen LogP contribution in [0, 0.1) is 0 Å². The van der Waals surface area contributed by atoms with Crippen molar-refractivity contribution in [3.05, 3.63) is 59.7 Å². The Balaban J connectivity index is 0.000000483. The topological polar surface area (TPSA) is 46.1 Å². The summed E-state index contributed by atoms with van der Waals surface area (Å²) < 4.78 is 0. The third-order valence-electron chi connectivity index (χ3n) is 4.43. The van der Waals surface area contributed by atoms with Crippen LogP contribution in [0.4, 0.5) is 0 Å². The quantitative estimate of drug-likeness (QED) is 0.330. The fourth-order valence-electron chi connectivity index (χ4n) is 2.91. The van der Waals surface area contributed by atoms with Crippen LogP contribution in [0.5, 0.6) is 11.5 Å².